The maximum Gasteiger partial charge on any atom is 0.329 e. The molecule has 17 heavy (non-hydrogen) atoms. The van der Waals surface area contributed by atoms with E-state index in [1.165, 1.54) is 7.11 Å². The lowest BCUT2D eigenvalue weighted by Gasteiger charge is -2.13. The van der Waals surface area contributed by atoms with Gasteiger partial charge in [0.15, 0.2) is 0 Å². The number of amides is 1. The lowest BCUT2D eigenvalue weighted by Crippen LogP contribution is -2.41. The Balaban J connectivity index is 2.72. The molecule has 1 N–H and O–H groups in total. The molecule has 1 atom stereocenters. The van der Waals surface area contributed by atoms with E-state index in [0.29, 0.717) is 5.56 Å². The number of rotatable bonds is 4. The fourth-order valence-corrected chi connectivity index (χ4v) is 1.28. The van der Waals surface area contributed by atoms with Gasteiger partial charge in [-0.3, -0.25) is 4.79 Å². The highest BCUT2D eigenvalue weighted by molar-refractivity contribution is 5.96. The molecule has 1 aromatic rings. The van der Waals surface area contributed by atoms with Crippen LogP contribution < -0.4 is 5.32 Å². The van der Waals surface area contributed by atoms with E-state index in [9.17, 15) is 9.59 Å². The first-order valence-corrected chi connectivity index (χ1v) is 5.06. The molecule has 0 aliphatic heterocycles. The average molecular weight is 231 g/mol. The van der Waals surface area contributed by atoms with Crippen LogP contribution in [0.4, 0.5) is 0 Å². The highest BCUT2D eigenvalue weighted by Crippen LogP contribution is 2.01. The minimum atomic E-state index is -0.808. The second-order valence-electron chi connectivity index (χ2n) is 3.32. The van der Waals surface area contributed by atoms with Gasteiger partial charge in [-0.05, 0) is 12.1 Å². The first-order valence-electron chi connectivity index (χ1n) is 5.06. The largest absolute Gasteiger partial charge is 0.467 e. The van der Waals surface area contributed by atoms with Crippen LogP contribution in [-0.4, -0.2) is 25.0 Å². The third-order valence-corrected chi connectivity index (χ3v) is 2.15. The second kappa shape index (κ2) is 6.33. The van der Waals surface area contributed by atoms with Crippen molar-refractivity contribution in [2.45, 2.75) is 12.5 Å². The second-order valence-corrected chi connectivity index (χ2v) is 3.32. The zero-order valence-corrected chi connectivity index (χ0v) is 9.47. The van der Waals surface area contributed by atoms with Gasteiger partial charge in [-0.1, -0.05) is 18.2 Å². The van der Waals surface area contributed by atoms with E-state index in [0.717, 1.165) is 0 Å². The minimum Gasteiger partial charge on any atom is -0.467 e. The van der Waals surface area contributed by atoms with E-state index in [1.54, 1.807) is 30.3 Å². The molecule has 4 nitrogen and oxygen atoms in total. The number of methoxy groups -OCH3 is 1. The SMILES string of the molecule is C#CC[C@H](NC(=O)c1ccccc1)C(=O)OC. The summed E-state index contributed by atoms with van der Waals surface area (Å²) in [5.74, 6) is 1.42. The van der Waals surface area contributed by atoms with Gasteiger partial charge in [-0.2, -0.15) is 0 Å². The van der Waals surface area contributed by atoms with Gasteiger partial charge in [0, 0.05) is 12.0 Å². The van der Waals surface area contributed by atoms with Crippen LogP contribution in [0.15, 0.2) is 30.3 Å². The molecule has 4 heteroatoms. The number of hydrogen-bond acceptors (Lipinski definition) is 3. The van der Waals surface area contributed by atoms with Crippen molar-refractivity contribution in [1.82, 2.24) is 5.32 Å². The molecule has 0 heterocycles. The van der Waals surface area contributed by atoms with Crippen molar-refractivity contribution in [2.75, 3.05) is 7.11 Å². The lowest BCUT2D eigenvalue weighted by atomic mass is 10.1. The molecule has 0 aliphatic carbocycles. The van der Waals surface area contributed by atoms with Gasteiger partial charge in [0.2, 0.25) is 0 Å². The van der Waals surface area contributed by atoms with Gasteiger partial charge in [-0.15, -0.1) is 12.3 Å². The Labute approximate surface area is 100.0 Å². The van der Waals surface area contributed by atoms with E-state index in [2.05, 4.69) is 16.0 Å². The Bertz CT molecular complexity index is 434. The fraction of sp³-hybridized carbons (Fsp3) is 0.231. The zero-order chi connectivity index (χ0) is 12.7. The zero-order valence-electron chi connectivity index (χ0n) is 9.47. The first kappa shape index (κ1) is 12.8. The fourth-order valence-electron chi connectivity index (χ4n) is 1.28. The Morgan fingerprint density at radius 2 is 2.06 bits per heavy atom. The predicted octanol–water partition coefficient (Wildman–Crippen LogP) is 0.981. The summed E-state index contributed by atoms with van der Waals surface area (Å²) in [5.41, 5.74) is 0.471. The molecule has 0 fully saturated rings. The smallest absolute Gasteiger partial charge is 0.329 e. The Hall–Kier alpha value is -2.28. The summed E-state index contributed by atoms with van der Waals surface area (Å²) in [4.78, 5) is 23.1. The van der Waals surface area contributed by atoms with E-state index in [-0.39, 0.29) is 12.3 Å². The summed E-state index contributed by atoms with van der Waals surface area (Å²) in [6, 6.07) is 7.78. The van der Waals surface area contributed by atoms with Crippen molar-refractivity contribution in [3.63, 3.8) is 0 Å². The number of ether oxygens (including phenoxy) is 1. The molecule has 1 amide bonds. The van der Waals surface area contributed by atoms with E-state index < -0.39 is 12.0 Å². The molecule has 1 rings (SSSR count). The topological polar surface area (TPSA) is 55.4 Å². The summed E-state index contributed by atoms with van der Waals surface area (Å²) < 4.78 is 4.55. The lowest BCUT2D eigenvalue weighted by molar-refractivity contribution is -0.142. The molecular formula is C13H13NO3. The summed E-state index contributed by atoms with van der Waals surface area (Å²) >= 11 is 0. The maximum absolute atomic E-state index is 11.8. The van der Waals surface area contributed by atoms with Crippen LogP contribution in [0.2, 0.25) is 0 Å². The van der Waals surface area contributed by atoms with Crippen molar-refractivity contribution < 1.29 is 14.3 Å². The number of esters is 1. The van der Waals surface area contributed by atoms with Crippen molar-refractivity contribution in [1.29, 1.82) is 0 Å². The average Bonchev–Trinajstić information content (AvgIpc) is 2.38. The standard InChI is InChI=1S/C13H13NO3/c1-3-7-11(13(16)17-2)14-12(15)10-8-5-4-6-9-10/h1,4-6,8-9,11H,7H2,2H3,(H,14,15)/t11-/m0/s1. The summed E-state index contributed by atoms with van der Waals surface area (Å²) in [7, 11) is 1.25. The first-order chi connectivity index (χ1) is 8.19. The van der Waals surface area contributed by atoms with Gasteiger partial charge < -0.3 is 10.1 Å². The quantitative estimate of drug-likeness (QED) is 0.621. The van der Waals surface area contributed by atoms with Crippen LogP contribution in [0, 0.1) is 12.3 Å². The monoisotopic (exact) mass is 231 g/mol. The number of nitrogens with one attached hydrogen (secondary N) is 1. The Morgan fingerprint density at radius 3 is 2.59 bits per heavy atom. The Kier molecular flexibility index (Phi) is 4.77. The maximum atomic E-state index is 11.8. The molecule has 0 unspecified atom stereocenters. The number of benzene rings is 1. The highest BCUT2D eigenvalue weighted by Gasteiger charge is 2.20. The van der Waals surface area contributed by atoms with Gasteiger partial charge in [0.25, 0.3) is 5.91 Å². The van der Waals surface area contributed by atoms with Crippen LogP contribution >= 0.6 is 0 Å². The van der Waals surface area contributed by atoms with Crippen molar-refractivity contribution in [2.24, 2.45) is 0 Å². The van der Waals surface area contributed by atoms with Crippen molar-refractivity contribution in [3.05, 3.63) is 35.9 Å². The van der Waals surface area contributed by atoms with E-state index >= 15 is 0 Å². The van der Waals surface area contributed by atoms with E-state index in [1.807, 2.05) is 0 Å². The summed E-state index contributed by atoms with van der Waals surface area (Å²) in [5, 5.41) is 2.53. The van der Waals surface area contributed by atoms with E-state index in [4.69, 9.17) is 6.42 Å². The molecule has 1 aromatic carbocycles. The molecule has 0 saturated carbocycles. The predicted molar refractivity (Wildman–Crippen MR) is 63.2 cm³/mol. The summed E-state index contributed by atoms with van der Waals surface area (Å²) in [6.07, 6.45) is 5.23. The molecule has 0 saturated heterocycles. The number of terminal acetylenes is 1. The summed E-state index contributed by atoms with van der Waals surface area (Å²) in [6.45, 7) is 0. The molecule has 88 valence electrons. The van der Waals surface area contributed by atoms with Crippen LogP contribution in [-0.2, 0) is 9.53 Å². The van der Waals surface area contributed by atoms with Crippen LogP contribution in [0.25, 0.3) is 0 Å². The normalized spacial score (nSPS) is 11.1. The van der Waals surface area contributed by atoms with Gasteiger partial charge in [0.05, 0.1) is 7.11 Å². The highest BCUT2D eigenvalue weighted by atomic mass is 16.5. The van der Waals surface area contributed by atoms with Gasteiger partial charge in [-0.25, -0.2) is 4.79 Å². The van der Waals surface area contributed by atoms with Crippen molar-refractivity contribution >= 4 is 11.9 Å². The van der Waals surface area contributed by atoms with Crippen LogP contribution in [0.5, 0.6) is 0 Å². The minimum absolute atomic E-state index is 0.102. The van der Waals surface area contributed by atoms with Gasteiger partial charge in [0.1, 0.15) is 6.04 Å². The van der Waals surface area contributed by atoms with Crippen LogP contribution in [0.3, 0.4) is 0 Å². The molecule has 0 radical (unpaired) electrons. The number of carbonyl (C=O) groups excluding carboxylic acids is 2. The molecule has 0 aromatic heterocycles. The van der Waals surface area contributed by atoms with Crippen molar-refractivity contribution in [3.8, 4) is 12.3 Å². The van der Waals surface area contributed by atoms with Crippen LogP contribution in [0.1, 0.15) is 16.8 Å². The molecular weight excluding hydrogens is 218 g/mol. The molecule has 0 aliphatic rings. The molecule has 0 spiro atoms. The third kappa shape index (κ3) is 3.65. The third-order valence-electron chi connectivity index (χ3n) is 2.15. The molecule has 0 bridgehead atoms. The number of carbonyl (C=O) groups is 2. The Morgan fingerprint density at radius 1 is 1.41 bits per heavy atom. The number of hydrogen-bond donors (Lipinski definition) is 1. The van der Waals surface area contributed by atoms with Gasteiger partial charge >= 0.3 is 5.97 Å².